The molecule has 3 rings (SSSR count). The van der Waals surface area contributed by atoms with E-state index in [0.717, 1.165) is 31.7 Å². The number of likely N-dealkylation sites (N-methyl/N-ethyl adjacent to an activating group) is 1. The Labute approximate surface area is 132 Å². The van der Waals surface area contributed by atoms with E-state index in [0.29, 0.717) is 0 Å². The highest BCUT2D eigenvalue weighted by molar-refractivity contribution is 5.90. The van der Waals surface area contributed by atoms with Crippen molar-refractivity contribution in [1.29, 1.82) is 0 Å². The Morgan fingerprint density at radius 2 is 1.91 bits per heavy atom. The van der Waals surface area contributed by atoms with Crippen LogP contribution in [0.1, 0.15) is 25.0 Å². The van der Waals surface area contributed by atoms with Crippen LogP contribution in [0.25, 0.3) is 11.1 Å². The first-order valence-corrected chi connectivity index (χ1v) is 7.89. The largest absolute Gasteiger partial charge is 0.326 e. The highest BCUT2D eigenvalue weighted by atomic mass is 16.1. The molecular formula is C19H22N2O. The molecule has 1 amide bonds. The predicted molar refractivity (Wildman–Crippen MR) is 90.8 cm³/mol. The molecule has 1 N–H and O–H groups in total. The maximum atomic E-state index is 11.5. The number of carbonyl (C=O) groups is 1. The summed E-state index contributed by atoms with van der Waals surface area (Å²) in [7, 11) is 0. The van der Waals surface area contributed by atoms with Crippen molar-refractivity contribution < 1.29 is 4.79 Å². The van der Waals surface area contributed by atoms with Crippen molar-refractivity contribution in [2.45, 2.75) is 26.8 Å². The van der Waals surface area contributed by atoms with Crippen molar-refractivity contribution in [2.24, 2.45) is 0 Å². The van der Waals surface area contributed by atoms with Crippen molar-refractivity contribution in [3.63, 3.8) is 0 Å². The van der Waals surface area contributed by atoms with Gasteiger partial charge in [0.05, 0.1) is 0 Å². The van der Waals surface area contributed by atoms with E-state index in [4.69, 9.17) is 0 Å². The summed E-state index contributed by atoms with van der Waals surface area (Å²) >= 11 is 0. The Morgan fingerprint density at radius 3 is 2.59 bits per heavy atom. The van der Waals surface area contributed by atoms with Gasteiger partial charge in [-0.2, -0.15) is 0 Å². The molecule has 0 aromatic heterocycles. The van der Waals surface area contributed by atoms with E-state index in [2.05, 4.69) is 47.5 Å². The molecule has 3 heteroatoms. The second kappa shape index (κ2) is 6.32. The molecule has 0 saturated carbocycles. The third-order valence-corrected chi connectivity index (χ3v) is 4.33. The van der Waals surface area contributed by atoms with Gasteiger partial charge in [0.15, 0.2) is 0 Å². The highest BCUT2D eigenvalue weighted by Gasteiger charge is 2.21. The number of hydrogen-bond acceptors (Lipinski definition) is 2. The van der Waals surface area contributed by atoms with Crippen LogP contribution >= 0.6 is 0 Å². The first-order chi connectivity index (χ1) is 10.7. The summed E-state index contributed by atoms with van der Waals surface area (Å²) in [6.45, 7) is 6.77. The SMILES string of the molecule is CCN1CCc2c(-c3ccccc3)ccc(NC(C)=O)c2C1. The average Bonchev–Trinajstić information content (AvgIpc) is 2.55. The van der Waals surface area contributed by atoms with Crippen LogP contribution in [0.2, 0.25) is 0 Å². The number of anilines is 1. The lowest BCUT2D eigenvalue weighted by Gasteiger charge is -2.31. The first kappa shape index (κ1) is 14.8. The van der Waals surface area contributed by atoms with Gasteiger partial charge in [0.2, 0.25) is 5.91 Å². The molecule has 22 heavy (non-hydrogen) atoms. The van der Waals surface area contributed by atoms with E-state index in [9.17, 15) is 4.79 Å². The zero-order chi connectivity index (χ0) is 15.5. The molecule has 2 aromatic rings. The summed E-state index contributed by atoms with van der Waals surface area (Å²) in [5.41, 5.74) is 6.14. The van der Waals surface area contributed by atoms with Crippen LogP contribution in [0, 0.1) is 0 Å². The molecule has 3 nitrogen and oxygen atoms in total. The number of hydrogen-bond donors (Lipinski definition) is 1. The highest BCUT2D eigenvalue weighted by Crippen LogP contribution is 2.34. The third-order valence-electron chi connectivity index (χ3n) is 4.33. The summed E-state index contributed by atoms with van der Waals surface area (Å²) in [6.07, 6.45) is 1.03. The number of carbonyl (C=O) groups excluding carboxylic acids is 1. The zero-order valence-corrected chi connectivity index (χ0v) is 13.2. The number of fused-ring (bicyclic) bond motifs is 1. The molecule has 0 fully saturated rings. The molecule has 1 aliphatic heterocycles. The minimum absolute atomic E-state index is 0.0108. The van der Waals surface area contributed by atoms with Crippen LogP contribution in [0.15, 0.2) is 42.5 Å². The molecule has 1 heterocycles. The van der Waals surface area contributed by atoms with Gasteiger partial charge in [0, 0.05) is 25.7 Å². The van der Waals surface area contributed by atoms with E-state index in [1.54, 1.807) is 6.92 Å². The van der Waals surface area contributed by atoms with Crippen LogP contribution < -0.4 is 5.32 Å². The summed E-state index contributed by atoms with van der Waals surface area (Å²) in [4.78, 5) is 13.9. The number of amides is 1. The van der Waals surface area contributed by atoms with Crippen molar-refractivity contribution in [1.82, 2.24) is 4.90 Å². The van der Waals surface area contributed by atoms with Gasteiger partial charge < -0.3 is 5.32 Å². The van der Waals surface area contributed by atoms with Gasteiger partial charge in [-0.15, -0.1) is 0 Å². The van der Waals surface area contributed by atoms with Crippen molar-refractivity contribution >= 4 is 11.6 Å². The summed E-state index contributed by atoms with van der Waals surface area (Å²) in [5.74, 6) is -0.0108. The molecule has 0 aliphatic carbocycles. The molecular weight excluding hydrogens is 272 g/mol. The molecule has 2 aromatic carbocycles. The van der Waals surface area contributed by atoms with Gasteiger partial charge in [0.25, 0.3) is 0 Å². The Morgan fingerprint density at radius 1 is 1.14 bits per heavy atom. The Hall–Kier alpha value is -2.13. The van der Waals surface area contributed by atoms with Gasteiger partial charge in [-0.25, -0.2) is 0 Å². The van der Waals surface area contributed by atoms with Gasteiger partial charge in [0.1, 0.15) is 0 Å². The molecule has 0 bridgehead atoms. The number of benzene rings is 2. The van der Waals surface area contributed by atoms with E-state index in [1.807, 2.05) is 12.1 Å². The Balaban J connectivity index is 2.09. The monoisotopic (exact) mass is 294 g/mol. The third kappa shape index (κ3) is 2.90. The van der Waals surface area contributed by atoms with Crippen LogP contribution in [-0.2, 0) is 17.8 Å². The zero-order valence-electron chi connectivity index (χ0n) is 13.2. The maximum Gasteiger partial charge on any atom is 0.221 e. The fourth-order valence-electron chi connectivity index (χ4n) is 3.20. The lowest BCUT2D eigenvalue weighted by Crippen LogP contribution is -2.31. The molecule has 0 atom stereocenters. The summed E-state index contributed by atoms with van der Waals surface area (Å²) < 4.78 is 0. The van der Waals surface area contributed by atoms with E-state index in [-0.39, 0.29) is 5.91 Å². The number of nitrogens with one attached hydrogen (secondary N) is 1. The lowest BCUT2D eigenvalue weighted by atomic mass is 9.89. The van der Waals surface area contributed by atoms with Crippen LogP contribution in [0.5, 0.6) is 0 Å². The fraction of sp³-hybridized carbons (Fsp3) is 0.316. The predicted octanol–water partition coefficient (Wildman–Crippen LogP) is 3.69. The first-order valence-electron chi connectivity index (χ1n) is 7.89. The molecule has 0 saturated heterocycles. The van der Waals surface area contributed by atoms with Crippen molar-refractivity contribution in [2.75, 3.05) is 18.4 Å². The second-order valence-electron chi connectivity index (χ2n) is 5.78. The molecule has 0 unspecified atom stereocenters. The number of nitrogens with zero attached hydrogens (tertiary/aromatic N) is 1. The quantitative estimate of drug-likeness (QED) is 0.936. The second-order valence-corrected chi connectivity index (χ2v) is 5.78. The average molecular weight is 294 g/mol. The molecule has 114 valence electrons. The van der Waals surface area contributed by atoms with E-state index in [1.165, 1.54) is 22.3 Å². The van der Waals surface area contributed by atoms with Crippen LogP contribution in [0.3, 0.4) is 0 Å². The lowest BCUT2D eigenvalue weighted by molar-refractivity contribution is -0.114. The minimum atomic E-state index is -0.0108. The Kier molecular flexibility index (Phi) is 4.25. The standard InChI is InChI=1S/C19H22N2O/c1-3-21-12-11-17-16(15-7-5-4-6-8-15)9-10-19(18(17)13-21)20-14(2)22/h4-10H,3,11-13H2,1-2H3,(H,20,22). The van der Waals surface area contributed by atoms with E-state index < -0.39 is 0 Å². The minimum Gasteiger partial charge on any atom is -0.326 e. The topological polar surface area (TPSA) is 32.3 Å². The van der Waals surface area contributed by atoms with Gasteiger partial charge in [-0.05, 0) is 41.3 Å². The summed E-state index contributed by atoms with van der Waals surface area (Å²) in [6, 6.07) is 14.7. The van der Waals surface area contributed by atoms with Gasteiger partial charge in [-0.3, -0.25) is 9.69 Å². The Bertz CT molecular complexity index is 679. The van der Waals surface area contributed by atoms with Gasteiger partial charge in [-0.1, -0.05) is 43.3 Å². The van der Waals surface area contributed by atoms with Crippen LogP contribution in [0.4, 0.5) is 5.69 Å². The van der Waals surface area contributed by atoms with Gasteiger partial charge >= 0.3 is 0 Å². The maximum absolute atomic E-state index is 11.5. The van der Waals surface area contributed by atoms with E-state index >= 15 is 0 Å². The number of rotatable bonds is 3. The fourth-order valence-corrected chi connectivity index (χ4v) is 3.20. The normalized spacial score (nSPS) is 14.5. The van der Waals surface area contributed by atoms with Crippen LogP contribution in [-0.4, -0.2) is 23.9 Å². The van der Waals surface area contributed by atoms with Crippen molar-refractivity contribution in [3.05, 3.63) is 53.6 Å². The van der Waals surface area contributed by atoms with Crippen molar-refractivity contribution in [3.8, 4) is 11.1 Å². The summed E-state index contributed by atoms with van der Waals surface area (Å²) in [5, 5.41) is 2.99. The molecule has 0 radical (unpaired) electrons. The molecule has 0 spiro atoms. The smallest absolute Gasteiger partial charge is 0.221 e. The molecule has 1 aliphatic rings.